The topological polar surface area (TPSA) is 3.24 Å². The average molecular weight is 586 g/mol. The van der Waals surface area contributed by atoms with Crippen molar-refractivity contribution >= 4 is 17.1 Å². The van der Waals surface area contributed by atoms with Gasteiger partial charge in [0, 0.05) is 22.4 Å². The normalized spacial score (nSPS) is 13.1. The minimum atomic E-state index is 0.0870. The molecule has 1 aliphatic rings. The SMILES string of the molecule is CCCCCCCCC1(CCCCCCCC)c2ccccc2-c2c(N(c3ccc(C)cc3)c3ccc(C)cc3)cccc21. The summed E-state index contributed by atoms with van der Waals surface area (Å²) in [6.45, 7) is 8.98. The molecular formula is C43H55N. The monoisotopic (exact) mass is 585 g/mol. The van der Waals surface area contributed by atoms with Gasteiger partial charge in [0.25, 0.3) is 0 Å². The Morgan fingerprint density at radius 3 is 1.50 bits per heavy atom. The standard InChI is InChI=1S/C43H55N/c1-5-7-9-11-13-17-32-43(33-18-14-12-10-8-6-2)39-21-16-15-20-38(39)42-40(43)22-19-23-41(42)44(36-28-24-34(3)25-29-36)37-30-26-35(4)27-31-37/h15-16,19-31H,5-14,17-18,32-33H2,1-4H3. The van der Waals surface area contributed by atoms with Gasteiger partial charge in [-0.3, -0.25) is 0 Å². The fourth-order valence-corrected chi connectivity index (χ4v) is 7.56. The summed E-state index contributed by atoms with van der Waals surface area (Å²) in [5.41, 5.74) is 12.4. The van der Waals surface area contributed by atoms with Crippen molar-refractivity contribution in [2.24, 2.45) is 0 Å². The molecule has 1 aliphatic carbocycles. The molecule has 0 aliphatic heterocycles. The van der Waals surface area contributed by atoms with Crippen LogP contribution >= 0.6 is 0 Å². The van der Waals surface area contributed by atoms with Crippen LogP contribution in [0, 0.1) is 13.8 Å². The Morgan fingerprint density at radius 1 is 0.477 bits per heavy atom. The third-order valence-corrected chi connectivity index (χ3v) is 10.0. The molecule has 0 saturated heterocycles. The molecule has 4 aromatic rings. The molecule has 0 saturated carbocycles. The molecule has 0 bridgehead atoms. The lowest BCUT2D eigenvalue weighted by Crippen LogP contribution is -2.25. The van der Waals surface area contributed by atoms with Gasteiger partial charge in [0.2, 0.25) is 0 Å². The lowest BCUT2D eigenvalue weighted by molar-refractivity contribution is 0.398. The predicted octanol–water partition coefficient (Wildman–Crippen LogP) is 13.5. The molecule has 0 N–H and O–H groups in total. The van der Waals surface area contributed by atoms with Crippen LogP contribution in [0.2, 0.25) is 0 Å². The summed E-state index contributed by atoms with van der Waals surface area (Å²) < 4.78 is 0. The summed E-state index contributed by atoms with van der Waals surface area (Å²) in [7, 11) is 0. The van der Waals surface area contributed by atoms with Crippen LogP contribution in [-0.4, -0.2) is 0 Å². The molecule has 0 atom stereocenters. The Kier molecular flexibility index (Phi) is 11.4. The number of nitrogens with zero attached hydrogens (tertiary/aromatic N) is 1. The summed E-state index contributed by atoms with van der Waals surface area (Å²) >= 11 is 0. The van der Waals surface area contributed by atoms with Gasteiger partial charge in [-0.1, -0.05) is 163 Å². The fourth-order valence-electron chi connectivity index (χ4n) is 7.56. The summed E-state index contributed by atoms with van der Waals surface area (Å²) in [4.78, 5) is 2.50. The molecule has 0 spiro atoms. The van der Waals surface area contributed by atoms with Gasteiger partial charge in [-0.2, -0.15) is 0 Å². The van der Waals surface area contributed by atoms with Crippen LogP contribution in [0.15, 0.2) is 91.0 Å². The van der Waals surface area contributed by atoms with Gasteiger partial charge >= 0.3 is 0 Å². The van der Waals surface area contributed by atoms with Crippen LogP contribution in [0.4, 0.5) is 17.1 Å². The number of hydrogen-bond acceptors (Lipinski definition) is 1. The summed E-state index contributed by atoms with van der Waals surface area (Å²) in [5.74, 6) is 0. The molecule has 4 aromatic carbocycles. The molecule has 0 fully saturated rings. The first-order valence-electron chi connectivity index (χ1n) is 17.8. The molecule has 0 unspecified atom stereocenters. The van der Waals surface area contributed by atoms with Crippen molar-refractivity contribution in [3.63, 3.8) is 0 Å². The van der Waals surface area contributed by atoms with E-state index >= 15 is 0 Å². The largest absolute Gasteiger partial charge is 0.310 e. The van der Waals surface area contributed by atoms with Gasteiger partial charge in [0.05, 0.1) is 5.69 Å². The van der Waals surface area contributed by atoms with Gasteiger partial charge in [0.15, 0.2) is 0 Å². The molecule has 232 valence electrons. The zero-order chi connectivity index (χ0) is 30.8. The van der Waals surface area contributed by atoms with E-state index in [-0.39, 0.29) is 5.41 Å². The van der Waals surface area contributed by atoms with E-state index < -0.39 is 0 Å². The van der Waals surface area contributed by atoms with Crippen molar-refractivity contribution in [2.45, 2.75) is 123 Å². The summed E-state index contributed by atoms with van der Waals surface area (Å²) in [5, 5.41) is 0. The van der Waals surface area contributed by atoms with Gasteiger partial charge < -0.3 is 4.90 Å². The van der Waals surface area contributed by atoms with Crippen molar-refractivity contribution < 1.29 is 0 Å². The summed E-state index contributed by atoms with van der Waals surface area (Å²) in [6, 6.07) is 34.7. The quantitative estimate of drug-likeness (QED) is 0.111. The fraction of sp³-hybridized carbons (Fsp3) is 0.442. The molecule has 0 aromatic heterocycles. The van der Waals surface area contributed by atoms with Gasteiger partial charge in [-0.25, -0.2) is 0 Å². The minimum Gasteiger partial charge on any atom is -0.310 e. The van der Waals surface area contributed by atoms with E-state index in [0.717, 1.165) is 0 Å². The smallest absolute Gasteiger partial charge is 0.0543 e. The number of benzene rings is 4. The van der Waals surface area contributed by atoms with Gasteiger partial charge in [0.1, 0.15) is 0 Å². The Hall–Kier alpha value is -3.32. The summed E-state index contributed by atoms with van der Waals surface area (Å²) in [6.07, 6.45) is 18.6. The second kappa shape index (κ2) is 15.6. The number of fused-ring (bicyclic) bond motifs is 3. The number of aryl methyl sites for hydroxylation is 2. The highest BCUT2D eigenvalue weighted by Gasteiger charge is 2.43. The third-order valence-electron chi connectivity index (χ3n) is 10.0. The van der Waals surface area contributed by atoms with Crippen LogP contribution in [0.1, 0.15) is 126 Å². The Balaban J connectivity index is 1.60. The van der Waals surface area contributed by atoms with Crippen molar-refractivity contribution in [3.05, 3.63) is 113 Å². The Morgan fingerprint density at radius 2 is 0.955 bits per heavy atom. The van der Waals surface area contributed by atoms with Crippen molar-refractivity contribution in [1.29, 1.82) is 0 Å². The first kappa shape index (κ1) is 32.1. The average Bonchev–Trinajstić information content (AvgIpc) is 3.33. The molecular weight excluding hydrogens is 530 g/mol. The van der Waals surface area contributed by atoms with Crippen molar-refractivity contribution in [2.75, 3.05) is 4.90 Å². The maximum absolute atomic E-state index is 2.50. The van der Waals surface area contributed by atoms with E-state index in [2.05, 4.69) is 124 Å². The molecule has 5 rings (SSSR count). The number of rotatable bonds is 17. The van der Waals surface area contributed by atoms with E-state index in [1.807, 2.05) is 0 Å². The Labute approximate surface area is 268 Å². The van der Waals surface area contributed by atoms with E-state index in [1.54, 1.807) is 11.1 Å². The minimum absolute atomic E-state index is 0.0870. The highest BCUT2D eigenvalue weighted by Crippen LogP contribution is 2.58. The van der Waals surface area contributed by atoms with E-state index in [4.69, 9.17) is 0 Å². The number of hydrogen-bond donors (Lipinski definition) is 0. The van der Waals surface area contributed by atoms with E-state index in [9.17, 15) is 0 Å². The molecule has 1 nitrogen and oxygen atoms in total. The van der Waals surface area contributed by atoms with Crippen LogP contribution < -0.4 is 4.90 Å². The van der Waals surface area contributed by atoms with Crippen LogP contribution in [-0.2, 0) is 5.41 Å². The van der Waals surface area contributed by atoms with Crippen LogP contribution in [0.3, 0.4) is 0 Å². The maximum atomic E-state index is 2.50. The lowest BCUT2D eigenvalue weighted by Gasteiger charge is -2.34. The molecule has 1 heteroatoms. The molecule has 0 heterocycles. The lowest BCUT2D eigenvalue weighted by atomic mass is 9.70. The third kappa shape index (κ3) is 7.14. The highest BCUT2D eigenvalue weighted by molar-refractivity contribution is 5.95. The second-order valence-electron chi connectivity index (χ2n) is 13.4. The molecule has 44 heavy (non-hydrogen) atoms. The molecule has 0 radical (unpaired) electrons. The Bertz CT molecular complexity index is 1380. The maximum Gasteiger partial charge on any atom is 0.0543 e. The molecule has 0 amide bonds. The zero-order valence-corrected chi connectivity index (χ0v) is 28.0. The van der Waals surface area contributed by atoms with Gasteiger partial charge in [-0.15, -0.1) is 0 Å². The number of unbranched alkanes of at least 4 members (excludes halogenated alkanes) is 10. The van der Waals surface area contributed by atoms with Crippen molar-refractivity contribution in [1.82, 2.24) is 0 Å². The highest BCUT2D eigenvalue weighted by atomic mass is 15.1. The zero-order valence-electron chi connectivity index (χ0n) is 28.0. The predicted molar refractivity (Wildman–Crippen MR) is 193 cm³/mol. The van der Waals surface area contributed by atoms with E-state index in [1.165, 1.54) is 129 Å². The van der Waals surface area contributed by atoms with E-state index in [0.29, 0.717) is 0 Å². The first-order chi connectivity index (χ1) is 21.6. The number of anilines is 3. The van der Waals surface area contributed by atoms with Gasteiger partial charge in [-0.05, 0) is 73.7 Å². The van der Waals surface area contributed by atoms with Crippen molar-refractivity contribution in [3.8, 4) is 11.1 Å². The second-order valence-corrected chi connectivity index (χ2v) is 13.4. The first-order valence-corrected chi connectivity index (χ1v) is 17.8. The van der Waals surface area contributed by atoms with Crippen LogP contribution in [0.25, 0.3) is 11.1 Å². The van der Waals surface area contributed by atoms with Crippen LogP contribution in [0.5, 0.6) is 0 Å².